The van der Waals surface area contributed by atoms with Crippen molar-refractivity contribution in [3.63, 3.8) is 0 Å². The van der Waals surface area contributed by atoms with Crippen LogP contribution in [0.3, 0.4) is 0 Å². The fourth-order valence-electron chi connectivity index (χ4n) is 7.50. The molecule has 0 amide bonds. The van der Waals surface area contributed by atoms with Crippen LogP contribution in [0.15, 0.2) is 0 Å². The maximum absolute atomic E-state index is 5.79. The Labute approximate surface area is 144 Å². The third-order valence-electron chi connectivity index (χ3n) is 8.68. The third kappa shape index (κ3) is 2.79. The zero-order valence-corrected chi connectivity index (χ0v) is 16.4. The standard InChI is InChI=1S/C20H34O.C2H6/c1-19-11-4-5-17(19)16-9-7-14-6-8-15(21-3)13-20(14,2)18(16)10-12-19;1-2/h14-18H,4-13H2,1-3H3;1-2H3. The van der Waals surface area contributed by atoms with Gasteiger partial charge >= 0.3 is 0 Å². The Morgan fingerprint density at radius 1 is 0.826 bits per heavy atom. The molecule has 0 radical (unpaired) electrons. The number of ether oxygens (including phenoxy) is 1. The van der Waals surface area contributed by atoms with E-state index in [9.17, 15) is 0 Å². The fraction of sp³-hybridized carbons (Fsp3) is 1.00. The van der Waals surface area contributed by atoms with Crippen LogP contribution in [0.2, 0.25) is 0 Å². The van der Waals surface area contributed by atoms with Crippen LogP contribution in [0.5, 0.6) is 0 Å². The first kappa shape index (κ1) is 17.8. The van der Waals surface area contributed by atoms with Crippen molar-refractivity contribution < 1.29 is 4.74 Å². The third-order valence-corrected chi connectivity index (χ3v) is 8.68. The molecular weight excluding hydrogens is 280 g/mol. The summed E-state index contributed by atoms with van der Waals surface area (Å²) in [5.74, 6) is 4.10. The molecule has 7 unspecified atom stereocenters. The van der Waals surface area contributed by atoms with Crippen molar-refractivity contribution in [2.75, 3.05) is 7.11 Å². The molecule has 0 spiro atoms. The molecule has 134 valence electrons. The molecule has 4 saturated carbocycles. The molecule has 0 aromatic rings. The predicted molar refractivity (Wildman–Crippen MR) is 98.5 cm³/mol. The summed E-state index contributed by atoms with van der Waals surface area (Å²) in [6, 6.07) is 0. The minimum absolute atomic E-state index is 0.543. The number of rotatable bonds is 1. The van der Waals surface area contributed by atoms with E-state index in [1.54, 1.807) is 6.42 Å². The van der Waals surface area contributed by atoms with Crippen LogP contribution in [0.4, 0.5) is 0 Å². The van der Waals surface area contributed by atoms with Gasteiger partial charge in [-0.15, -0.1) is 0 Å². The Bertz CT molecular complexity index is 405. The van der Waals surface area contributed by atoms with Gasteiger partial charge in [-0.25, -0.2) is 0 Å². The van der Waals surface area contributed by atoms with Crippen LogP contribution in [-0.4, -0.2) is 13.2 Å². The SMILES string of the molecule is CC.COC1CCC2CCC3C4CCCC4(C)CCC3C2(C)C1. The van der Waals surface area contributed by atoms with Crippen molar-refractivity contribution in [1.82, 2.24) is 0 Å². The molecule has 23 heavy (non-hydrogen) atoms. The molecule has 0 saturated heterocycles. The second kappa shape index (κ2) is 6.70. The molecule has 0 N–H and O–H groups in total. The van der Waals surface area contributed by atoms with Crippen LogP contribution in [0, 0.1) is 34.5 Å². The summed E-state index contributed by atoms with van der Waals surface area (Å²) in [6.45, 7) is 9.27. The van der Waals surface area contributed by atoms with E-state index in [2.05, 4.69) is 13.8 Å². The van der Waals surface area contributed by atoms with E-state index in [0.29, 0.717) is 16.9 Å². The van der Waals surface area contributed by atoms with E-state index >= 15 is 0 Å². The van der Waals surface area contributed by atoms with Crippen molar-refractivity contribution in [3.05, 3.63) is 0 Å². The van der Waals surface area contributed by atoms with E-state index in [1.165, 1.54) is 57.8 Å². The highest BCUT2D eigenvalue weighted by Gasteiger charge is 2.57. The number of hydrogen-bond acceptors (Lipinski definition) is 1. The lowest BCUT2D eigenvalue weighted by Gasteiger charge is -2.60. The Balaban J connectivity index is 0.000000753. The minimum atomic E-state index is 0.543. The van der Waals surface area contributed by atoms with Gasteiger partial charge in [-0.1, -0.05) is 34.1 Å². The van der Waals surface area contributed by atoms with Gasteiger partial charge in [-0.2, -0.15) is 0 Å². The molecule has 4 fully saturated rings. The van der Waals surface area contributed by atoms with Crippen molar-refractivity contribution in [2.24, 2.45) is 34.5 Å². The normalized spacial score (nSPS) is 51.8. The largest absolute Gasteiger partial charge is 0.381 e. The Morgan fingerprint density at radius 2 is 1.57 bits per heavy atom. The summed E-state index contributed by atoms with van der Waals surface area (Å²) >= 11 is 0. The Kier molecular flexibility index (Phi) is 5.17. The van der Waals surface area contributed by atoms with Gasteiger partial charge in [0.25, 0.3) is 0 Å². The van der Waals surface area contributed by atoms with Crippen molar-refractivity contribution in [1.29, 1.82) is 0 Å². The van der Waals surface area contributed by atoms with Gasteiger partial charge in [0, 0.05) is 7.11 Å². The summed E-state index contributed by atoms with van der Waals surface area (Å²) in [7, 11) is 1.93. The quantitative estimate of drug-likeness (QED) is 0.538. The zero-order chi connectivity index (χ0) is 16.7. The first-order valence-electron chi connectivity index (χ1n) is 10.6. The van der Waals surface area contributed by atoms with Gasteiger partial charge in [0.15, 0.2) is 0 Å². The summed E-state index contributed by atoms with van der Waals surface area (Å²) in [4.78, 5) is 0. The maximum atomic E-state index is 5.79. The monoisotopic (exact) mass is 320 g/mol. The summed E-state index contributed by atoms with van der Waals surface area (Å²) < 4.78 is 5.79. The maximum Gasteiger partial charge on any atom is 0.0576 e. The molecule has 4 aliphatic carbocycles. The lowest BCUT2D eigenvalue weighted by Crippen LogP contribution is -2.53. The molecule has 7 atom stereocenters. The highest BCUT2D eigenvalue weighted by Crippen LogP contribution is 2.66. The van der Waals surface area contributed by atoms with Gasteiger partial charge in [-0.3, -0.25) is 0 Å². The topological polar surface area (TPSA) is 9.23 Å². The average molecular weight is 321 g/mol. The van der Waals surface area contributed by atoms with Crippen molar-refractivity contribution in [3.8, 4) is 0 Å². The molecule has 4 aliphatic rings. The second-order valence-corrected chi connectivity index (χ2v) is 9.38. The summed E-state index contributed by atoms with van der Waals surface area (Å²) in [6.07, 6.45) is 15.3. The van der Waals surface area contributed by atoms with E-state index in [0.717, 1.165) is 23.7 Å². The minimum Gasteiger partial charge on any atom is -0.381 e. The number of fused-ring (bicyclic) bond motifs is 5. The zero-order valence-electron chi connectivity index (χ0n) is 16.4. The molecule has 4 rings (SSSR count). The van der Waals surface area contributed by atoms with Crippen LogP contribution in [0.1, 0.15) is 91.9 Å². The molecule has 0 aliphatic heterocycles. The average Bonchev–Trinajstić information content (AvgIpc) is 2.97. The lowest BCUT2D eigenvalue weighted by atomic mass is 9.45. The molecule has 0 aromatic carbocycles. The van der Waals surface area contributed by atoms with Crippen molar-refractivity contribution >= 4 is 0 Å². The summed E-state index contributed by atoms with van der Waals surface area (Å²) in [5.41, 5.74) is 1.30. The van der Waals surface area contributed by atoms with E-state index < -0.39 is 0 Å². The highest BCUT2D eigenvalue weighted by atomic mass is 16.5. The second-order valence-electron chi connectivity index (χ2n) is 9.38. The van der Waals surface area contributed by atoms with Crippen molar-refractivity contribution in [2.45, 2.75) is 98.0 Å². The van der Waals surface area contributed by atoms with E-state index in [4.69, 9.17) is 4.74 Å². The van der Waals surface area contributed by atoms with Crippen LogP contribution in [0.25, 0.3) is 0 Å². The Hall–Kier alpha value is -0.0400. The van der Waals surface area contributed by atoms with Gasteiger partial charge in [0.05, 0.1) is 6.10 Å². The molecule has 0 bridgehead atoms. The van der Waals surface area contributed by atoms with E-state index in [-0.39, 0.29) is 0 Å². The highest BCUT2D eigenvalue weighted by molar-refractivity contribution is 5.07. The van der Waals surface area contributed by atoms with E-state index in [1.807, 2.05) is 21.0 Å². The molecular formula is C22H40O. The number of methoxy groups -OCH3 is 1. The van der Waals surface area contributed by atoms with Crippen LogP contribution < -0.4 is 0 Å². The molecule has 0 aromatic heterocycles. The lowest BCUT2D eigenvalue weighted by molar-refractivity contribution is -0.130. The van der Waals surface area contributed by atoms with Gasteiger partial charge in [-0.05, 0) is 92.3 Å². The van der Waals surface area contributed by atoms with Crippen LogP contribution >= 0.6 is 0 Å². The summed E-state index contributed by atoms with van der Waals surface area (Å²) in [5, 5.41) is 0. The Morgan fingerprint density at radius 3 is 2.30 bits per heavy atom. The number of hydrogen-bond donors (Lipinski definition) is 0. The van der Waals surface area contributed by atoms with Gasteiger partial charge in [0.1, 0.15) is 0 Å². The smallest absolute Gasteiger partial charge is 0.0576 e. The molecule has 1 nitrogen and oxygen atoms in total. The predicted octanol–water partition coefficient (Wildman–Crippen LogP) is 6.46. The van der Waals surface area contributed by atoms with Crippen LogP contribution in [-0.2, 0) is 4.74 Å². The molecule has 0 heterocycles. The molecule has 1 heteroatoms. The first-order valence-corrected chi connectivity index (χ1v) is 10.6. The first-order chi connectivity index (χ1) is 11.1. The van der Waals surface area contributed by atoms with Gasteiger partial charge in [0.2, 0.25) is 0 Å². The van der Waals surface area contributed by atoms with Gasteiger partial charge < -0.3 is 4.74 Å². The fourth-order valence-corrected chi connectivity index (χ4v) is 7.50.